The Balaban J connectivity index is 1.61. The number of hydrogen-bond acceptors (Lipinski definition) is 8. The Kier molecular flexibility index (Phi) is 11.9. The van der Waals surface area contributed by atoms with Gasteiger partial charge in [0.05, 0.1) is 18.9 Å². The smallest absolute Gasteiger partial charge is 0.251 e. The summed E-state index contributed by atoms with van der Waals surface area (Å²) < 4.78 is 5.29. The number of phenolic OH excluding ortho intramolecular Hbond substituents is 2. The van der Waals surface area contributed by atoms with Crippen molar-refractivity contribution in [1.29, 1.82) is 0 Å². The summed E-state index contributed by atoms with van der Waals surface area (Å²) in [6, 6.07) is 18.4. The standard InChI is InChI=1S/C36H39N3O8/c1-22(2)18-29(33(43)32-4-3-17-47-32)37-35(45)31(20-24-9-15-28(42)16-10-24)39-36(46)30(19-23-7-13-27(41)14-8-23)38-34(44)26-11-5-25(21-40)6-12-26/h3-17,22,29-31,40-42H,18-21H2,1-2H3,(H,37,45)(H,38,44)(H,39,46)/t29-,30-,31-/m0/s1. The minimum atomic E-state index is -1.17. The van der Waals surface area contributed by atoms with Gasteiger partial charge in [0.2, 0.25) is 17.6 Å². The third-order valence-corrected chi connectivity index (χ3v) is 7.51. The van der Waals surface area contributed by atoms with Gasteiger partial charge < -0.3 is 35.7 Å². The Bertz CT molecular complexity index is 1630. The van der Waals surface area contributed by atoms with Crippen molar-refractivity contribution in [3.05, 3.63) is 119 Å². The van der Waals surface area contributed by atoms with E-state index in [1.165, 1.54) is 48.7 Å². The Morgan fingerprint density at radius 3 is 1.62 bits per heavy atom. The SMILES string of the molecule is CC(C)C[C@H](NC(=O)[C@H](Cc1ccc(O)cc1)NC(=O)[C@H](Cc1ccc(O)cc1)NC(=O)c1ccc(CO)cc1)C(=O)c1ccco1. The third kappa shape index (κ3) is 10.0. The fourth-order valence-electron chi connectivity index (χ4n) is 5.00. The molecular weight excluding hydrogens is 602 g/mol. The predicted molar refractivity (Wildman–Crippen MR) is 174 cm³/mol. The summed E-state index contributed by atoms with van der Waals surface area (Å²) in [5.41, 5.74) is 2.14. The number of benzene rings is 3. The quantitative estimate of drug-likeness (QED) is 0.107. The average molecular weight is 642 g/mol. The molecule has 3 aromatic carbocycles. The second kappa shape index (κ2) is 16.2. The Hall–Kier alpha value is -5.42. The van der Waals surface area contributed by atoms with E-state index in [9.17, 15) is 34.5 Å². The number of amides is 3. The van der Waals surface area contributed by atoms with Gasteiger partial charge in [0.1, 0.15) is 23.6 Å². The third-order valence-electron chi connectivity index (χ3n) is 7.51. The van der Waals surface area contributed by atoms with Crippen LogP contribution < -0.4 is 16.0 Å². The normalized spacial score (nSPS) is 12.9. The van der Waals surface area contributed by atoms with Crippen molar-refractivity contribution < 1.29 is 38.9 Å². The van der Waals surface area contributed by atoms with Gasteiger partial charge in [-0.15, -0.1) is 0 Å². The van der Waals surface area contributed by atoms with E-state index in [2.05, 4.69) is 16.0 Å². The molecule has 246 valence electrons. The summed E-state index contributed by atoms with van der Waals surface area (Å²) in [6.45, 7) is 3.64. The number of hydrogen-bond donors (Lipinski definition) is 6. The number of carbonyl (C=O) groups is 4. The molecule has 0 aliphatic rings. The molecule has 0 radical (unpaired) electrons. The van der Waals surface area contributed by atoms with Crippen molar-refractivity contribution in [2.45, 2.75) is 57.8 Å². The monoisotopic (exact) mass is 641 g/mol. The van der Waals surface area contributed by atoms with Crippen molar-refractivity contribution in [2.24, 2.45) is 5.92 Å². The van der Waals surface area contributed by atoms with E-state index in [1.54, 1.807) is 42.5 Å². The van der Waals surface area contributed by atoms with E-state index < -0.39 is 41.6 Å². The minimum absolute atomic E-state index is 0.0176. The lowest BCUT2D eigenvalue weighted by atomic mass is 9.97. The molecule has 3 amide bonds. The molecule has 1 aromatic heterocycles. The maximum Gasteiger partial charge on any atom is 0.251 e. The van der Waals surface area contributed by atoms with Crippen molar-refractivity contribution in [2.75, 3.05) is 0 Å². The molecule has 11 heteroatoms. The zero-order valence-electron chi connectivity index (χ0n) is 26.2. The van der Waals surface area contributed by atoms with Crippen LogP contribution in [-0.4, -0.2) is 56.9 Å². The van der Waals surface area contributed by atoms with Crippen LogP contribution in [0.5, 0.6) is 11.5 Å². The highest BCUT2D eigenvalue weighted by Gasteiger charge is 2.31. The molecule has 0 saturated heterocycles. The lowest BCUT2D eigenvalue weighted by molar-refractivity contribution is -0.130. The van der Waals surface area contributed by atoms with Gasteiger partial charge in [-0.1, -0.05) is 50.2 Å². The number of rotatable bonds is 15. The van der Waals surface area contributed by atoms with E-state index in [4.69, 9.17) is 4.42 Å². The van der Waals surface area contributed by atoms with Crippen molar-refractivity contribution in [1.82, 2.24) is 16.0 Å². The van der Waals surface area contributed by atoms with E-state index in [0.717, 1.165) is 0 Å². The molecule has 0 spiro atoms. The first-order chi connectivity index (χ1) is 22.5. The molecule has 47 heavy (non-hydrogen) atoms. The van der Waals surface area contributed by atoms with Crippen LogP contribution in [0.2, 0.25) is 0 Å². The molecular formula is C36H39N3O8. The van der Waals surface area contributed by atoms with E-state index in [1.807, 2.05) is 13.8 Å². The molecule has 0 saturated carbocycles. The molecule has 1 heterocycles. The number of phenols is 2. The van der Waals surface area contributed by atoms with Gasteiger partial charge in [0.15, 0.2) is 5.76 Å². The predicted octanol–water partition coefficient (Wildman–Crippen LogP) is 3.67. The number of Topliss-reactive ketones (excluding diaryl/α,β-unsaturated/α-hetero) is 1. The van der Waals surface area contributed by atoms with Gasteiger partial charge >= 0.3 is 0 Å². The van der Waals surface area contributed by atoms with Crippen LogP contribution in [0.15, 0.2) is 95.6 Å². The Morgan fingerprint density at radius 1 is 0.660 bits per heavy atom. The van der Waals surface area contributed by atoms with Crippen LogP contribution in [0.1, 0.15) is 57.9 Å². The highest BCUT2D eigenvalue weighted by atomic mass is 16.3. The number of aromatic hydroxyl groups is 2. The Labute approximate surface area is 272 Å². The van der Waals surface area contributed by atoms with Gasteiger partial charge in [0.25, 0.3) is 5.91 Å². The average Bonchev–Trinajstić information content (AvgIpc) is 3.60. The summed E-state index contributed by atoms with van der Waals surface area (Å²) in [6.07, 6.45) is 1.75. The van der Waals surface area contributed by atoms with Gasteiger partial charge in [-0.2, -0.15) is 0 Å². The van der Waals surface area contributed by atoms with Crippen molar-refractivity contribution in [3.63, 3.8) is 0 Å². The molecule has 0 fully saturated rings. The van der Waals surface area contributed by atoms with Gasteiger partial charge in [0, 0.05) is 18.4 Å². The second-order valence-corrected chi connectivity index (χ2v) is 11.7. The minimum Gasteiger partial charge on any atom is -0.508 e. The number of carbonyl (C=O) groups excluding carboxylic acids is 4. The number of aliphatic hydroxyl groups is 1. The largest absolute Gasteiger partial charge is 0.508 e. The summed E-state index contributed by atoms with van der Waals surface area (Å²) in [5, 5.41) is 37.2. The lowest BCUT2D eigenvalue weighted by Crippen LogP contribution is -2.57. The molecule has 0 bridgehead atoms. The highest BCUT2D eigenvalue weighted by Crippen LogP contribution is 2.16. The molecule has 11 nitrogen and oxygen atoms in total. The van der Waals surface area contributed by atoms with Crippen LogP contribution >= 0.6 is 0 Å². The van der Waals surface area contributed by atoms with Crippen LogP contribution in [0.3, 0.4) is 0 Å². The van der Waals surface area contributed by atoms with Crippen molar-refractivity contribution >= 4 is 23.5 Å². The maximum absolute atomic E-state index is 13.9. The summed E-state index contributed by atoms with van der Waals surface area (Å²) in [5.74, 6) is -2.02. The van der Waals surface area contributed by atoms with E-state index in [0.29, 0.717) is 23.1 Å². The van der Waals surface area contributed by atoms with Gasteiger partial charge in [-0.3, -0.25) is 19.2 Å². The second-order valence-electron chi connectivity index (χ2n) is 11.7. The number of furan rings is 1. The maximum atomic E-state index is 13.9. The van der Waals surface area contributed by atoms with E-state index >= 15 is 0 Å². The van der Waals surface area contributed by atoms with Gasteiger partial charge in [-0.25, -0.2) is 0 Å². The summed E-state index contributed by atoms with van der Waals surface area (Å²) >= 11 is 0. The first-order valence-electron chi connectivity index (χ1n) is 15.3. The van der Waals surface area contributed by atoms with Crippen LogP contribution in [0.25, 0.3) is 0 Å². The van der Waals surface area contributed by atoms with Crippen LogP contribution in [0, 0.1) is 5.92 Å². The molecule has 3 atom stereocenters. The first-order valence-corrected chi connectivity index (χ1v) is 15.3. The molecule has 4 rings (SSSR count). The number of aliphatic hydroxyl groups excluding tert-OH is 1. The zero-order valence-corrected chi connectivity index (χ0v) is 26.2. The molecule has 0 aliphatic heterocycles. The fourth-order valence-corrected chi connectivity index (χ4v) is 5.00. The van der Waals surface area contributed by atoms with Gasteiger partial charge in [-0.05, 0) is 77.6 Å². The Morgan fingerprint density at radius 2 is 1.15 bits per heavy atom. The van der Waals surface area contributed by atoms with Crippen molar-refractivity contribution in [3.8, 4) is 11.5 Å². The molecule has 4 aromatic rings. The van der Waals surface area contributed by atoms with Crippen LogP contribution in [-0.2, 0) is 29.0 Å². The summed E-state index contributed by atoms with van der Waals surface area (Å²) in [4.78, 5) is 54.2. The molecule has 0 aliphatic carbocycles. The highest BCUT2D eigenvalue weighted by molar-refractivity contribution is 6.01. The summed E-state index contributed by atoms with van der Waals surface area (Å²) in [7, 11) is 0. The number of ketones is 1. The fraction of sp³-hybridized carbons (Fsp3) is 0.278. The topological polar surface area (TPSA) is 178 Å². The first kappa shape index (κ1) is 34.5. The molecule has 0 unspecified atom stereocenters. The number of nitrogens with one attached hydrogen (secondary N) is 3. The molecule has 6 N–H and O–H groups in total. The zero-order chi connectivity index (χ0) is 33.9. The van der Waals surface area contributed by atoms with E-state index in [-0.39, 0.29) is 48.2 Å². The van der Waals surface area contributed by atoms with Crippen LogP contribution in [0.4, 0.5) is 0 Å². The lowest BCUT2D eigenvalue weighted by Gasteiger charge is -2.26.